The van der Waals surface area contributed by atoms with Gasteiger partial charge in [-0.3, -0.25) is 10.1 Å². The first kappa shape index (κ1) is 14.4. The first-order valence-corrected chi connectivity index (χ1v) is 6.38. The Bertz CT molecular complexity index is 485. The van der Waals surface area contributed by atoms with Crippen LogP contribution in [0.4, 0.5) is 0 Å². The van der Waals surface area contributed by atoms with Crippen LogP contribution in [0.5, 0.6) is 11.5 Å². The number of rotatable bonds is 5. The van der Waals surface area contributed by atoms with Crippen molar-refractivity contribution in [1.29, 1.82) is 0 Å². The van der Waals surface area contributed by atoms with Gasteiger partial charge in [0.25, 0.3) is 0 Å². The maximum Gasteiger partial charge on any atom is 0.243 e. The van der Waals surface area contributed by atoms with Gasteiger partial charge in [0.05, 0.1) is 24.0 Å². The van der Waals surface area contributed by atoms with E-state index in [4.69, 9.17) is 9.47 Å². The number of hydrogen-bond acceptors (Lipinski definition) is 5. The lowest BCUT2D eigenvalue weighted by atomic mass is 10.1. The molecule has 6 heteroatoms. The summed E-state index contributed by atoms with van der Waals surface area (Å²) in [5.41, 5.74) is 0.675. The molecule has 0 N–H and O–H groups in total. The minimum absolute atomic E-state index is 0.0484. The lowest BCUT2D eigenvalue weighted by molar-refractivity contribution is -0.422. The maximum atomic E-state index is 10.6. The number of hydrogen-bond donors (Lipinski definition) is 0. The SMILES string of the molecule is COc1cc(SC)c(OC)cc1C=C(C)[N+](=O)[O-]. The molecule has 0 saturated carbocycles. The van der Waals surface area contributed by atoms with Crippen molar-refractivity contribution in [3.63, 3.8) is 0 Å². The fourth-order valence-electron chi connectivity index (χ4n) is 1.44. The van der Waals surface area contributed by atoms with Crippen LogP contribution in [-0.2, 0) is 0 Å². The second-order valence-corrected chi connectivity index (χ2v) is 4.34. The van der Waals surface area contributed by atoms with Gasteiger partial charge < -0.3 is 9.47 Å². The third-order valence-electron chi connectivity index (χ3n) is 2.39. The molecule has 0 fully saturated rings. The van der Waals surface area contributed by atoms with Crippen molar-refractivity contribution in [3.8, 4) is 11.5 Å². The van der Waals surface area contributed by atoms with Crippen LogP contribution in [0.3, 0.4) is 0 Å². The molecule has 0 aliphatic rings. The van der Waals surface area contributed by atoms with Gasteiger partial charge in [-0.25, -0.2) is 0 Å². The highest BCUT2D eigenvalue weighted by molar-refractivity contribution is 7.98. The fraction of sp³-hybridized carbons (Fsp3) is 0.333. The van der Waals surface area contributed by atoms with Gasteiger partial charge in [-0.1, -0.05) is 0 Å². The van der Waals surface area contributed by atoms with Crippen LogP contribution in [0.25, 0.3) is 6.08 Å². The van der Waals surface area contributed by atoms with E-state index in [1.165, 1.54) is 31.9 Å². The summed E-state index contributed by atoms with van der Waals surface area (Å²) in [5.74, 6) is 1.26. The highest BCUT2D eigenvalue weighted by Gasteiger charge is 2.12. The molecule has 18 heavy (non-hydrogen) atoms. The molecule has 1 rings (SSSR count). The third kappa shape index (κ3) is 3.16. The number of nitro groups is 1. The third-order valence-corrected chi connectivity index (χ3v) is 3.15. The van der Waals surface area contributed by atoms with Crippen LogP contribution in [0, 0.1) is 10.1 Å². The zero-order valence-corrected chi connectivity index (χ0v) is 11.5. The number of allylic oxidation sites excluding steroid dienone is 1. The van der Waals surface area contributed by atoms with Gasteiger partial charge in [0, 0.05) is 18.6 Å². The Kier molecular flexibility index (Phi) is 5.03. The Morgan fingerprint density at radius 3 is 2.39 bits per heavy atom. The van der Waals surface area contributed by atoms with Gasteiger partial charge >= 0.3 is 0 Å². The van der Waals surface area contributed by atoms with E-state index in [1.54, 1.807) is 13.2 Å². The van der Waals surface area contributed by atoms with Crippen molar-refractivity contribution in [1.82, 2.24) is 0 Å². The molecule has 0 heterocycles. The molecule has 0 amide bonds. The Labute approximate surface area is 110 Å². The predicted octanol–water partition coefficient (Wildman–Crippen LogP) is 3.06. The van der Waals surface area contributed by atoms with Gasteiger partial charge in [0.1, 0.15) is 11.5 Å². The van der Waals surface area contributed by atoms with E-state index in [0.717, 1.165) is 4.90 Å². The van der Waals surface area contributed by atoms with Gasteiger partial charge in [-0.2, -0.15) is 0 Å². The van der Waals surface area contributed by atoms with Gasteiger partial charge in [0.2, 0.25) is 5.70 Å². The molecule has 0 spiro atoms. The molecule has 0 aliphatic heterocycles. The second kappa shape index (κ2) is 6.30. The summed E-state index contributed by atoms with van der Waals surface area (Å²) in [5, 5.41) is 10.6. The number of nitrogens with zero attached hydrogens (tertiary/aromatic N) is 1. The summed E-state index contributed by atoms with van der Waals surface area (Å²) in [6.45, 7) is 1.44. The summed E-state index contributed by atoms with van der Waals surface area (Å²) in [6.07, 6.45) is 3.39. The quantitative estimate of drug-likeness (QED) is 0.467. The van der Waals surface area contributed by atoms with Crippen molar-refractivity contribution in [2.45, 2.75) is 11.8 Å². The summed E-state index contributed by atoms with van der Waals surface area (Å²) in [7, 11) is 3.10. The molecule has 0 aliphatic carbocycles. The van der Waals surface area contributed by atoms with Crippen molar-refractivity contribution in [2.75, 3.05) is 20.5 Å². The zero-order valence-electron chi connectivity index (χ0n) is 10.7. The summed E-state index contributed by atoms with van der Waals surface area (Å²) >= 11 is 1.52. The van der Waals surface area contributed by atoms with E-state index in [-0.39, 0.29) is 5.70 Å². The molecule has 1 aromatic carbocycles. The van der Waals surface area contributed by atoms with E-state index in [9.17, 15) is 10.1 Å². The van der Waals surface area contributed by atoms with Gasteiger partial charge in [-0.05, 0) is 18.4 Å². The van der Waals surface area contributed by atoms with E-state index < -0.39 is 4.92 Å². The number of ether oxygens (including phenoxy) is 2. The molecule has 5 nitrogen and oxygen atoms in total. The Morgan fingerprint density at radius 1 is 1.33 bits per heavy atom. The largest absolute Gasteiger partial charge is 0.496 e. The Morgan fingerprint density at radius 2 is 1.94 bits per heavy atom. The monoisotopic (exact) mass is 269 g/mol. The minimum atomic E-state index is -0.436. The van der Waals surface area contributed by atoms with Crippen molar-refractivity contribution >= 4 is 17.8 Å². The normalized spacial score (nSPS) is 11.2. The Hall–Kier alpha value is -1.69. The average Bonchev–Trinajstić information content (AvgIpc) is 2.37. The maximum absolute atomic E-state index is 10.6. The number of benzene rings is 1. The highest BCUT2D eigenvalue weighted by atomic mass is 32.2. The molecular formula is C12H15NO4S. The van der Waals surface area contributed by atoms with Crippen molar-refractivity contribution < 1.29 is 14.4 Å². The smallest absolute Gasteiger partial charge is 0.243 e. The van der Waals surface area contributed by atoms with Crippen LogP contribution < -0.4 is 9.47 Å². The van der Waals surface area contributed by atoms with Gasteiger partial charge in [-0.15, -0.1) is 11.8 Å². The topological polar surface area (TPSA) is 61.6 Å². The molecular weight excluding hydrogens is 254 g/mol. The van der Waals surface area contributed by atoms with Crippen molar-refractivity contribution in [2.24, 2.45) is 0 Å². The molecule has 0 aromatic heterocycles. The summed E-state index contributed by atoms with van der Waals surface area (Å²) < 4.78 is 10.5. The van der Waals surface area contributed by atoms with Crippen molar-refractivity contribution in [3.05, 3.63) is 33.5 Å². The minimum Gasteiger partial charge on any atom is -0.496 e. The number of methoxy groups -OCH3 is 2. The Balaban J connectivity index is 3.34. The molecule has 0 radical (unpaired) electrons. The summed E-state index contributed by atoms with van der Waals surface area (Å²) in [6, 6.07) is 3.54. The first-order chi connectivity index (χ1) is 8.53. The molecule has 0 saturated heterocycles. The number of thioether (sulfide) groups is 1. The second-order valence-electron chi connectivity index (χ2n) is 3.49. The van der Waals surface area contributed by atoms with E-state index in [2.05, 4.69) is 0 Å². The molecule has 0 atom stereocenters. The zero-order chi connectivity index (χ0) is 13.7. The lowest BCUT2D eigenvalue weighted by Crippen LogP contribution is -1.96. The highest BCUT2D eigenvalue weighted by Crippen LogP contribution is 2.35. The predicted molar refractivity (Wildman–Crippen MR) is 72.0 cm³/mol. The van der Waals surface area contributed by atoms with Crippen LogP contribution in [0.2, 0.25) is 0 Å². The van der Waals surface area contributed by atoms with Crippen LogP contribution in [0.15, 0.2) is 22.7 Å². The molecule has 1 aromatic rings. The van der Waals surface area contributed by atoms with Crippen LogP contribution >= 0.6 is 11.8 Å². The lowest BCUT2D eigenvalue weighted by Gasteiger charge is -2.11. The first-order valence-electron chi connectivity index (χ1n) is 5.16. The fourth-order valence-corrected chi connectivity index (χ4v) is 2.01. The molecule has 0 bridgehead atoms. The molecule has 0 unspecified atom stereocenters. The summed E-state index contributed by atoms with van der Waals surface area (Å²) in [4.78, 5) is 11.1. The van der Waals surface area contributed by atoms with E-state index in [1.807, 2.05) is 12.3 Å². The van der Waals surface area contributed by atoms with Crippen LogP contribution in [0.1, 0.15) is 12.5 Å². The molecule has 98 valence electrons. The van der Waals surface area contributed by atoms with Crippen LogP contribution in [-0.4, -0.2) is 25.4 Å². The van der Waals surface area contributed by atoms with Gasteiger partial charge in [0.15, 0.2) is 0 Å². The standard InChI is InChI=1S/C12H15NO4S/c1-8(13(14)15)5-9-6-11(17-3)12(18-4)7-10(9)16-2/h5-7H,1-4H3. The van der Waals surface area contributed by atoms with E-state index in [0.29, 0.717) is 17.1 Å². The van der Waals surface area contributed by atoms with E-state index >= 15 is 0 Å². The average molecular weight is 269 g/mol.